The van der Waals surface area contributed by atoms with E-state index in [1.54, 1.807) is 6.07 Å². The minimum Gasteiger partial charge on any atom is -0.384 e. The summed E-state index contributed by atoms with van der Waals surface area (Å²) in [6, 6.07) is 1.75. The third-order valence-corrected chi connectivity index (χ3v) is 2.02. The van der Waals surface area contributed by atoms with E-state index in [0.717, 1.165) is 12.4 Å². The lowest BCUT2D eigenvalue weighted by Gasteiger charge is -2.04. The molecule has 1 rings (SSSR count). The summed E-state index contributed by atoms with van der Waals surface area (Å²) in [5.74, 6) is 1.32. The number of nitrogen functional groups attached to an aromatic ring is 1. The second kappa shape index (κ2) is 6.18. The van der Waals surface area contributed by atoms with Crippen molar-refractivity contribution in [1.29, 1.82) is 0 Å². The Hall–Kier alpha value is -1.32. The van der Waals surface area contributed by atoms with Crippen LogP contribution in [0.3, 0.4) is 0 Å². The number of rotatable bonds is 6. The third-order valence-electron chi connectivity index (χ3n) is 2.02. The highest BCUT2D eigenvalue weighted by atomic mass is 15.0. The van der Waals surface area contributed by atoms with Gasteiger partial charge in [-0.3, -0.25) is 0 Å². The zero-order valence-electron chi connectivity index (χ0n) is 8.66. The van der Waals surface area contributed by atoms with Crippen molar-refractivity contribution in [2.75, 3.05) is 17.6 Å². The first-order valence-electron chi connectivity index (χ1n) is 5.14. The van der Waals surface area contributed by atoms with E-state index in [4.69, 9.17) is 5.73 Å². The standard InChI is InChI=1S/C10H18N4/c1-2-3-4-5-6-12-10-7-9(11)13-8-14-10/h7-8H,2-6H2,1H3,(H3,11,12,13,14). The van der Waals surface area contributed by atoms with Crippen LogP contribution in [0.1, 0.15) is 32.6 Å². The zero-order chi connectivity index (χ0) is 10.2. The number of aromatic nitrogens is 2. The fraction of sp³-hybridized carbons (Fsp3) is 0.600. The first-order valence-corrected chi connectivity index (χ1v) is 5.14. The Morgan fingerprint density at radius 1 is 1.29 bits per heavy atom. The number of nitrogens with zero attached hydrogens (tertiary/aromatic N) is 2. The van der Waals surface area contributed by atoms with Crippen molar-refractivity contribution in [3.05, 3.63) is 12.4 Å². The smallest absolute Gasteiger partial charge is 0.131 e. The van der Waals surface area contributed by atoms with Gasteiger partial charge in [0, 0.05) is 12.6 Å². The van der Waals surface area contributed by atoms with Gasteiger partial charge in [0.2, 0.25) is 0 Å². The molecule has 1 aromatic rings. The molecule has 1 aromatic heterocycles. The number of unbranched alkanes of at least 4 members (excludes halogenated alkanes) is 3. The summed E-state index contributed by atoms with van der Waals surface area (Å²) in [6.07, 6.45) is 6.49. The van der Waals surface area contributed by atoms with Crippen molar-refractivity contribution < 1.29 is 0 Å². The minimum atomic E-state index is 0.510. The molecule has 1 heterocycles. The lowest BCUT2D eigenvalue weighted by molar-refractivity contribution is 0.684. The number of anilines is 2. The van der Waals surface area contributed by atoms with E-state index in [-0.39, 0.29) is 0 Å². The van der Waals surface area contributed by atoms with Crippen molar-refractivity contribution in [3.8, 4) is 0 Å². The molecule has 0 aliphatic carbocycles. The lowest BCUT2D eigenvalue weighted by atomic mass is 10.2. The van der Waals surface area contributed by atoms with Gasteiger partial charge in [-0.05, 0) is 6.42 Å². The summed E-state index contributed by atoms with van der Waals surface area (Å²) in [6.45, 7) is 3.16. The van der Waals surface area contributed by atoms with Crippen molar-refractivity contribution >= 4 is 11.6 Å². The molecule has 4 heteroatoms. The van der Waals surface area contributed by atoms with Gasteiger partial charge >= 0.3 is 0 Å². The molecule has 0 aliphatic heterocycles. The molecular weight excluding hydrogens is 176 g/mol. The van der Waals surface area contributed by atoms with Gasteiger partial charge in [0.05, 0.1) is 0 Å². The first-order chi connectivity index (χ1) is 6.83. The van der Waals surface area contributed by atoms with Crippen LogP contribution in [0.5, 0.6) is 0 Å². The number of hydrogen-bond acceptors (Lipinski definition) is 4. The predicted molar refractivity (Wildman–Crippen MR) is 59.1 cm³/mol. The molecule has 3 N–H and O–H groups in total. The zero-order valence-corrected chi connectivity index (χ0v) is 8.66. The molecule has 0 fully saturated rings. The van der Waals surface area contributed by atoms with E-state index in [0.29, 0.717) is 5.82 Å². The topological polar surface area (TPSA) is 63.8 Å². The van der Waals surface area contributed by atoms with Gasteiger partial charge in [-0.2, -0.15) is 0 Å². The van der Waals surface area contributed by atoms with Crippen molar-refractivity contribution in [2.45, 2.75) is 32.6 Å². The van der Waals surface area contributed by atoms with E-state index in [9.17, 15) is 0 Å². The first kappa shape index (κ1) is 10.8. The molecule has 0 unspecified atom stereocenters. The minimum absolute atomic E-state index is 0.510. The summed E-state index contributed by atoms with van der Waals surface area (Å²) < 4.78 is 0. The van der Waals surface area contributed by atoms with Crippen molar-refractivity contribution in [2.24, 2.45) is 0 Å². The van der Waals surface area contributed by atoms with E-state index in [1.807, 2.05) is 0 Å². The van der Waals surface area contributed by atoms with Crippen LogP contribution < -0.4 is 11.1 Å². The fourth-order valence-corrected chi connectivity index (χ4v) is 1.24. The number of nitrogens with two attached hydrogens (primary N) is 1. The molecule has 0 bridgehead atoms. The largest absolute Gasteiger partial charge is 0.384 e. The van der Waals surface area contributed by atoms with Crippen LogP contribution >= 0.6 is 0 Å². The molecule has 0 spiro atoms. The van der Waals surface area contributed by atoms with E-state index in [1.165, 1.54) is 32.0 Å². The molecule has 0 saturated heterocycles. The van der Waals surface area contributed by atoms with Gasteiger partial charge in [0.15, 0.2) is 0 Å². The van der Waals surface area contributed by atoms with Gasteiger partial charge in [-0.25, -0.2) is 9.97 Å². The Morgan fingerprint density at radius 3 is 2.86 bits per heavy atom. The normalized spacial score (nSPS) is 10.1. The second-order valence-electron chi connectivity index (χ2n) is 3.32. The van der Waals surface area contributed by atoms with Gasteiger partial charge in [-0.1, -0.05) is 26.2 Å². The van der Waals surface area contributed by atoms with E-state index < -0.39 is 0 Å². The molecule has 0 atom stereocenters. The lowest BCUT2D eigenvalue weighted by Crippen LogP contribution is -2.04. The monoisotopic (exact) mass is 194 g/mol. The van der Waals surface area contributed by atoms with Crippen LogP contribution in [0, 0.1) is 0 Å². The average Bonchev–Trinajstić information content (AvgIpc) is 2.18. The molecule has 4 nitrogen and oxygen atoms in total. The fourth-order valence-electron chi connectivity index (χ4n) is 1.24. The maximum absolute atomic E-state index is 5.52. The Balaban J connectivity index is 2.18. The Kier molecular flexibility index (Phi) is 4.75. The van der Waals surface area contributed by atoms with Gasteiger partial charge in [0.25, 0.3) is 0 Å². The highest BCUT2D eigenvalue weighted by Crippen LogP contribution is 2.05. The average molecular weight is 194 g/mol. The van der Waals surface area contributed by atoms with Crippen LogP contribution in [0.25, 0.3) is 0 Å². The summed E-state index contributed by atoms with van der Waals surface area (Å²) >= 11 is 0. The Labute approximate surface area is 85.0 Å². The summed E-state index contributed by atoms with van der Waals surface area (Å²) in [5, 5.41) is 3.21. The summed E-state index contributed by atoms with van der Waals surface area (Å²) in [4.78, 5) is 7.88. The van der Waals surface area contributed by atoms with Gasteiger partial charge < -0.3 is 11.1 Å². The molecule has 78 valence electrons. The Bertz CT molecular complexity index is 262. The molecule has 0 saturated carbocycles. The predicted octanol–water partition coefficient (Wildman–Crippen LogP) is 2.05. The Morgan fingerprint density at radius 2 is 2.14 bits per heavy atom. The van der Waals surface area contributed by atoms with Crippen LogP contribution in [-0.2, 0) is 0 Å². The molecule has 0 amide bonds. The molecule has 0 aliphatic rings. The van der Waals surface area contributed by atoms with E-state index >= 15 is 0 Å². The molecule has 14 heavy (non-hydrogen) atoms. The SMILES string of the molecule is CCCCCCNc1cc(N)ncn1. The van der Waals surface area contributed by atoms with Gasteiger partial charge in [-0.15, -0.1) is 0 Å². The van der Waals surface area contributed by atoms with Crippen LogP contribution in [0.15, 0.2) is 12.4 Å². The highest BCUT2D eigenvalue weighted by molar-refractivity contribution is 5.42. The maximum atomic E-state index is 5.52. The molecular formula is C10H18N4. The van der Waals surface area contributed by atoms with Crippen molar-refractivity contribution in [1.82, 2.24) is 9.97 Å². The second-order valence-corrected chi connectivity index (χ2v) is 3.32. The van der Waals surface area contributed by atoms with Crippen LogP contribution in [0.2, 0.25) is 0 Å². The van der Waals surface area contributed by atoms with Gasteiger partial charge in [0.1, 0.15) is 18.0 Å². The molecule has 0 aromatic carbocycles. The third kappa shape index (κ3) is 4.07. The van der Waals surface area contributed by atoms with E-state index in [2.05, 4.69) is 22.2 Å². The maximum Gasteiger partial charge on any atom is 0.131 e. The van der Waals surface area contributed by atoms with Crippen LogP contribution in [-0.4, -0.2) is 16.5 Å². The quantitative estimate of drug-likeness (QED) is 0.680. The van der Waals surface area contributed by atoms with Crippen LogP contribution in [0.4, 0.5) is 11.6 Å². The summed E-state index contributed by atoms with van der Waals surface area (Å²) in [7, 11) is 0. The summed E-state index contributed by atoms with van der Waals surface area (Å²) in [5.41, 5.74) is 5.52. The number of hydrogen-bond donors (Lipinski definition) is 2. The number of nitrogens with one attached hydrogen (secondary N) is 1. The molecule has 0 radical (unpaired) electrons. The highest BCUT2D eigenvalue weighted by Gasteiger charge is 1.94. The van der Waals surface area contributed by atoms with Crippen molar-refractivity contribution in [3.63, 3.8) is 0 Å².